The number of piperidine rings is 1. The Bertz CT molecular complexity index is 665. The van der Waals surface area contributed by atoms with Crippen LogP contribution in [0.2, 0.25) is 0 Å². The summed E-state index contributed by atoms with van der Waals surface area (Å²) in [5, 5.41) is 0.578. The van der Waals surface area contributed by atoms with Crippen molar-refractivity contribution in [3.8, 4) is 0 Å². The number of thiophene rings is 1. The Morgan fingerprint density at radius 3 is 2.67 bits per heavy atom. The second-order valence-corrected chi connectivity index (χ2v) is 6.35. The number of amides is 1. The number of likely N-dealkylation sites (tertiary alicyclic amines) is 1. The number of nitrogens with two attached hydrogens (primary N) is 1. The van der Waals surface area contributed by atoms with Gasteiger partial charge in [0.2, 0.25) is 0 Å². The Morgan fingerprint density at radius 2 is 2.05 bits per heavy atom. The molecule has 2 N–H and O–H groups in total. The van der Waals surface area contributed by atoms with Gasteiger partial charge in [-0.15, -0.1) is 23.7 Å². The molecule has 114 valence electrons. The third-order valence-corrected chi connectivity index (χ3v) is 5.17. The van der Waals surface area contributed by atoms with Crippen LogP contribution in [0.1, 0.15) is 28.1 Å². The van der Waals surface area contributed by atoms with Crippen LogP contribution in [-0.2, 0) is 0 Å². The van der Waals surface area contributed by atoms with Crippen molar-refractivity contribution < 1.29 is 9.18 Å². The lowest BCUT2D eigenvalue weighted by Crippen LogP contribution is -2.42. The smallest absolute Gasteiger partial charge is 0.264 e. The molecule has 0 spiro atoms. The zero-order valence-electron chi connectivity index (χ0n) is 11.8. The summed E-state index contributed by atoms with van der Waals surface area (Å²) < 4.78 is 14.7. The Balaban J connectivity index is 0.00000161. The fraction of sp³-hybridized carbons (Fsp3) is 0.400. The number of aryl methyl sites for hydroxylation is 1. The molecule has 1 aromatic heterocycles. The maximum Gasteiger partial charge on any atom is 0.264 e. The van der Waals surface area contributed by atoms with E-state index in [4.69, 9.17) is 5.73 Å². The normalized spacial score (nSPS) is 16.0. The summed E-state index contributed by atoms with van der Waals surface area (Å²) in [5.41, 5.74) is 6.61. The second kappa shape index (κ2) is 6.30. The Morgan fingerprint density at radius 1 is 1.38 bits per heavy atom. The molecule has 2 heterocycles. The molecule has 1 fully saturated rings. The van der Waals surface area contributed by atoms with Crippen LogP contribution in [0.25, 0.3) is 10.1 Å². The SMILES string of the molecule is Cc1c(C(=O)N2CCC(N)CC2)sc2cccc(F)c12.Cl. The molecule has 0 atom stereocenters. The lowest BCUT2D eigenvalue weighted by atomic mass is 10.1. The van der Waals surface area contributed by atoms with E-state index in [1.54, 1.807) is 6.07 Å². The lowest BCUT2D eigenvalue weighted by molar-refractivity contribution is 0.0719. The van der Waals surface area contributed by atoms with Crippen molar-refractivity contribution in [2.24, 2.45) is 5.73 Å². The third kappa shape index (κ3) is 2.91. The Labute approximate surface area is 133 Å². The lowest BCUT2D eigenvalue weighted by Gasteiger charge is -2.30. The minimum absolute atomic E-state index is 0. The first-order valence-corrected chi connectivity index (χ1v) is 7.62. The second-order valence-electron chi connectivity index (χ2n) is 5.30. The first-order chi connectivity index (χ1) is 9.58. The van der Waals surface area contributed by atoms with Crippen LogP contribution in [0, 0.1) is 12.7 Å². The highest BCUT2D eigenvalue weighted by Gasteiger charge is 2.25. The summed E-state index contributed by atoms with van der Waals surface area (Å²) in [5.74, 6) is -0.244. The van der Waals surface area contributed by atoms with Crippen LogP contribution >= 0.6 is 23.7 Å². The van der Waals surface area contributed by atoms with Crippen molar-refractivity contribution >= 4 is 39.7 Å². The fourth-order valence-electron chi connectivity index (χ4n) is 2.70. The summed E-state index contributed by atoms with van der Waals surface area (Å²) in [4.78, 5) is 15.1. The van der Waals surface area contributed by atoms with E-state index in [2.05, 4.69) is 0 Å². The standard InChI is InChI=1S/C15H17FN2OS.ClH/c1-9-13-11(16)3-2-4-12(13)20-14(9)15(19)18-7-5-10(17)6-8-18;/h2-4,10H,5-8,17H2,1H3;1H. The number of carbonyl (C=O) groups excluding carboxylic acids is 1. The van der Waals surface area contributed by atoms with Gasteiger partial charge in [-0.05, 0) is 37.5 Å². The average molecular weight is 329 g/mol. The number of nitrogens with zero attached hydrogens (tertiary/aromatic N) is 1. The molecule has 3 nitrogen and oxygen atoms in total. The molecule has 21 heavy (non-hydrogen) atoms. The van der Waals surface area contributed by atoms with E-state index >= 15 is 0 Å². The summed E-state index contributed by atoms with van der Waals surface area (Å²) in [6.45, 7) is 3.21. The highest BCUT2D eigenvalue weighted by molar-refractivity contribution is 7.21. The van der Waals surface area contributed by atoms with E-state index in [-0.39, 0.29) is 30.2 Å². The van der Waals surface area contributed by atoms with Crippen molar-refractivity contribution in [3.05, 3.63) is 34.5 Å². The molecular weight excluding hydrogens is 311 g/mol. The number of halogens is 2. The summed E-state index contributed by atoms with van der Waals surface area (Å²) >= 11 is 1.38. The molecule has 6 heteroatoms. The van der Waals surface area contributed by atoms with Gasteiger partial charge in [-0.3, -0.25) is 4.79 Å². The number of hydrogen-bond acceptors (Lipinski definition) is 3. The largest absolute Gasteiger partial charge is 0.338 e. The number of benzene rings is 1. The molecule has 0 saturated carbocycles. The van der Waals surface area contributed by atoms with Gasteiger partial charge in [0, 0.05) is 29.2 Å². The van der Waals surface area contributed by atoms with Crippen LogP contribution in [0.15, 0.2) is 18.2 Å². The van der Waals surface area contributed by atoms with Gasteiger partial charge in [0.1, 0.15) is 5.82 Å². The Kier molecular flexibility index (Phi) is 4.86. The first kappa shape index (κ1) is 16.2. The molecular formula is C15H18ClFN2OS. The number of fused-ring (bicyclic) bond motifs is 1. The first-order valence-electron chi connectivity index (χ1n) is 6.80. The van der Waals surface area contributed by atoms with Gasteiger partial charge in [-0.25, -0.2) is 4.39 Å². The predicted octanol–water partition coefficient (Wildman–Crippen LogP) is 3.33. The third-order valence-electron chi connectivity index (χ3n) is 3.92. The van der Waals surface area contributed by atoms with Crippen molar-refractivity contribution in [2.45, 2.75) is 25.8 Å². The summed E-state index contributed by atoms with van der Waals surface area (Å²) in [6.07, 6.45) is 1.67. The number of carbonyl (C=O) groups is 1. The van der Waals surface area contributed by atoms with Crippen molar-refractivity contribution in [3.63, 3.8) is 0 Å². The molecule has 1 aliphatic rings. The average Bonchev–Trinajstić information content (AvgIpc) is 2.77. The minimum atomic E-state index is -0.254. The zero-order chi connectivity index (χ0) is 14.3. The number of hydrogen-bond donors (Lipinski definition) is 1. The van der Waals surface area contributed by atoms with Crippen molar-refractivity contribution in [1.82, 2.24) is 4.90 Å². The highest BCUT2D eigenvalue weighted by atomic mass is 35.5. The van der Waals surface area contributed by atoms with Crippen molar-refractivity contribution in [2.75, 3.05) is 13.1 Å². The van der Waals surface area contributed by atoms with Gasteiger partial charge >= 0.3 is 0 Å². The molecule has 0 bridgehead atoms. The minimum Gasteiger partial charge on any atom is -0.338 e. The van der Waals surface area contributed by atoms with E-state index in [9.17, 15) is 9.18 Å². The highest BCUT2D eigenvalue weighted by Crippen LogP contribution is 2.33. The van der Waals surface area contributed by atoms with Crippen LogP contribution < -0.4 is 5.73 Å². The molecule has 0 unspecified atom stereocenters. The van der Waals surface area contributed by atoms with E-state index < -0.39 is 0 Å². The summed E-state index contributed by atoms with van der Waals surface area (Å²) in [6, 6.07) is 5.18. The zero-order valence-corrected chi connectivity index (χ0v) is 13.4. The molecule has 3 rings (SSSR count). The van der Waals surface area contributed by atoms with Gasteiger partial charge in [0.15, 0.2) is 0 Å². The van der Waals surface area contributed by atoms with E-state index in [0.717, 1.165) is 23.1 Å². The van der Waals surface area contributed by atoms with Crippen LogP contribution in [0.3, 0.4) is 0 Å². The van der Waals surface area contributed by atoms with Gasteiger partial charge in [0.05, 0.1) is 4.88 Å². The van der Waals surface area contributed by atoms with Gasteiger partial charge in [-0.2, -0.15) is 0 Å². The molecule has 1 amide bonds. The fourth-order valence-corrected chi connectivity index (χ4v) is 3.89. The predicted molar refractivity (Wildman–Crippen MR) is 86.9 cm³/mol. The number of rotatable bonds is 1. The van der Waals surface area contributed by atoms with Crippen LogP contribution in [0.4, 0.5) is 4.39 Å². The maximum atomic E-state index is 13.9. The van der Waals surface area contributed by atoms with Crippen LogP contribution in [-0.4, -0.2) is 29.9 Å². The van der Waals surface area contributed by atoms with Gasteiger partial charge in [0.25, 0.3) is 5.91 Å². The van der Waals surface area contributed by atoms with E-state index in [1.807, 2.05) is 17.9 Å². The van der Waals surface area contributed by atoms with E-state index in [0.29, 0.717) is 23.4 Å². The van der Waals surface area contributed by atoms with Gasteiger partial charge < -0.3 is 10.6 Å². The molecule has 1 aliphatic heterocycles. The topological polar surface area (TPSA) is 46.3 Å². The molecule has 0 aliphatic carbocycles. The Hall–Kier alpha value is -1.17. The molecule has 1 saturated heterocycles. The van der Waals surface area contributed by atoms with Crippen molar-refractivity contribution in [1.29, 1.82) is 0 Å². The maximum absolute atomic E-state index is 13.9. The summed E-state index contributed by atoms with van der Waals surface area (Å²) in [7, 11) is 0. The molecule has 2 aromatic rings. The van der Waals surface area contributed by atoms with Crippen LogP contribution in [0.5, 0.6) is 0 Å². The molecule has 1 aromatic carbocycles. The monoisotopic (exact) mass is 328 g/mol. The van der Waals surface area contributed by atoms with Gasteiger partial charge in [-0.1, -0.05) is 6.07 Å². The van der Waals surface area contributed by atoms with E-state index in [1.165, 1.54) is 17.4 Å². The molecule has 0 radical (unpaired) electrons. The quantitative estimate of drug-likeness (QED) is 0.872.